The number of nitrogens with one attached hydrogen (secondary N) is 1. The van der Waals surface area contributed by atoms with E-state index in [0.29, 0.717) is 42.9 Å². The highest BCUT2D eigenvalue weighted by Crippen LogP contribution is 2.30. The number of rotatable bonds is 7. The minimum atomic E-state index is -0.234. The Balaban J connectivity index is 1.37. The van der Waals surface area contributed by atoms with Gasteiger partial charge in [-0.05, 0) is 48.2 Å². The SMILES string of the molecule is COc1cc(CNCCCN2C(=O)c3cccc4cccc(c34)C2=O)ccc1O. The molecule has 0 unspecified atom stereocenters. The lowest BCUT2D eigenvalue weighted by Gasteiger charge is -2.27. The van der Waals surface area contributed by atoms with Crippen molar-refractivity contribution in [2.75, 3.05) is 20.2 Å². The van der Waals surface area contributed by atoms with Crippen LogP contribution in [0.4, 0.5) is 0 Å². The molecule has 0 radical (unpaired) electrons. The summed E-state index contributed by atoms with van der Waals surface area (Å²) in [5.41, 5.74) is 2.15. The molecule has 1 aliphatic rings. The molecule has 29 heavy (non-hydrogen) atoms. The van der Waals surface area contributed by atoms with Crippen molar-refractivity contribution in [2.24, 2.45) is 0 Å². The summed E-state index contributed by atoms with van der Waals surface area (Å²) in [5.74, 6) is 0.0699. The molecule has 0 fully saturated rings. The van der Waals surface area contributed by atoms with Gasteiger partial charge < -0.3 is 15.2 Å². The molecule has 148 valence electrons. The Bertz CT molecular complexity index is 1040. The molecule has 6 heteroatoms. The van der Waals surface area contributed by atoms with Gasteiger partial charge in [-0.25, -0.2) is 0 Å². The zero-order valence-electron chi connectivity index (χ0n) is 16.1. The van der Waals surface area contributed by atoms with E-state index in [1.54, 1.807) is 24.3 Å². The van der Waals surface area contributed by atoms with Gasteiger partial charge in [-0.3, -0.25) is 14.5 Å². The minimum Gasteiger partial charge on any atom is -0.504 e. The number of amides is 2. The maximum absolute atomic E-state index is 12.8. The number of aromatic hydroxyl groups is 1. The number of imide groups is 1. The lowest BCUT2D eigenvalue weighted by Crippen LogP contribution is -2.41. The standard InChI is InChI=1S/C23H22N2O4/c1-29-20-13-15(9-10-19(20)26)14-24-11-4-12-25-22(27)17-7-2-5-16-6-3-8-18(21(16)17)23(25)28/h2-3,5-10,13,24,26H,4,11-12,14H2,1H3. The van der Waals surface area contributed by atoms with E-state index in [-0.39, 0.29) is 17.6 Å². The lowest BCUT2D eigenvalue weighted by molar-refractivity contribution is 0.0609. The van der Waals surface area contributed by atoms with Crippen molar-refractivity contribution in [2.45, 2.75) is 13.0 Å². The predicted octanol–water partition coefficient (Wildman–Crippen LogP) is 3.33. The molecule has 6 nitrogen and oxygen atoms in total. The molecular formula is C23H22N2O4. The van der Waals surface area contributed by atoms with Crippen LogP contribution in [-0.2, 0) is 6.54 Å². The summed E-state index contributed by atoms with van der Waals surface area (Å²) < 4.78 is 5.11. The Morgan fingerprint density at radius 3 is 2.34 bits per heavy atom. The van der Waals surface area contributed by atoms with Gasteiger partial charge >= 0.3 is 0 Å². The number of hydrogen-bond donors (Lipinski definition) is 2. The van der Waals surface area contributed by atoms with E-state index in [4.69, 9.17) is 4.74 Å². The number of hydrogen-bond acceptors (Lipinski definition) is 5. The zero-order chi connectivity index (χ0) is 20.4. The number of carbonyl (C=O) groups is 2. The van der Waals surface area contributed by atoms with E-state index >= 15 is 0 Å². The average molecular weight is 390 g/mol. The maximum atomic E-state index is 12.8. The molecule has 3 aromatic carbocycles. The van der Waals surface area contributed by atoms with Gasteiger partial charge in [0.2, 0.25) is 0 Å². The first-order valence-corrected chi connectivity index (χ1v) is 9.54. The van der Waals surface area contributed by atoms with E-state index in [9.17, 15) is 14.7 Å². The summed E-state index contributed by atoms with van der Waals surface area (Å²) in [6.07, 6.45) is 0.644. The summed E-state index contributed by atoms with van der Waals surface area (Å²) in [4.78, 5) is 27.0. The van der Waals surface area contributed by atoms with Crippen LogP contribution in [0.2, 0.25) is 0 Å². The monoisotopic (exact) mass is 390 g/mol. The summed E-state index contributed by atoms with van der Waals surface area (Å²) in [6, 6.07) is 16.3. The van der Waals surface area contributed by atoms with Crippen LogP contribution >= 0.6 is 0 Å². The summed E-state index contributed by atoms with van der Waals surface area (Å²) in [5, 5.41) is 14.6. The molecule has 1 heterocycles. The van der Waals surface area contributed by atoms with E-state index in [1.807, 2.05) is 30.3 Å². The molecular weight excluding hydrogens is 368 g/mol. The molecule has 0 saturated carbocycles. The van der Waals surface area contributed by atoms with Crippen LogP contribution in [0.1, 0.15) is 32.7 Å². The molecule has 0 atom stereocenters. The highest BCUT2D eigenvalue weighted by Gasteiger charge is 2.31. The number of phenols is 1. The first-order chi connectivity index (χ1) is 14.1. The molecule has 0 spiro atoms. The fourth-order valence-corrected chi connectivity index (χ4v) is 3.71. The number of nitrogens with zero attached hydrogens (tertiary/aromatic N) is 1. The molecule has 0 bridgehead atoms. The van der Waals surface area contributed by atoms with E-state index in [1.165, 1.54) is 12.0 Å². The molecule has 0 saturated heterocycles. The van der Waals surface area contributed by atoms with Gasteiger partial charge in [0.15, 0.2) is 11.5 Å². The van der Waals surface area contributed by atoms with E-state index < -0.39 is 0 Å². The molecule has 1 aliphatic heterocycles. The highest BCUT2D eigenvalue weighted by atomic mass is 16.5. The normalized spacial score (nSPS) is 13.2. The molecule has 2 amide bonds. The Labute approximate surface area is 168 Å². The number of methoxy groups -OCH3 is 1. The fourth-order valence-electron chi connectivity index (χ4n) is 3.71. The average Bonchev–Trinajstić information content (AvgIpc) is 2.74. The lowest BCUT2D eigenvalue weighted by atomic mass is 9.94. The Kier molecular flexibility index (Phi) is 5.18. The second-order valence-electron chi connectivity index (χ2n) is 7.01. The molecule has 4 rings (SSSR count). The first-order valence-electron chi connectivity index (χ1n) is 9.54. The van der Waals surface area contributed by atoms with Crippen molar-refractivity contribution in [1.82, 2.24) is 10.2 Å². The number of ether oxygens (including phenoxy) is 1. The zero-order valence-corrected chi connectivity index (χ0v) is 16.1. The number of phenolic OH excluding ortho intramolecular Hbond substituents is 1. The van der Waals surface area contributed by atoms with Gasteiger partial charge in [0.05, 0.1) is 7.11 Å². The maximum Gasteiger partial charge on any atom is 0.261 e. The molecule has 2 N–H and O–H groups in total. The predicted molar refractivity (Wildman–Crippen MR) is 110 cm³/mol. The second kappa shape index (κ2) is 7.93. The largest absolute Gasteiger partial charge is 0.504 e. The fraction of sp³-hybridized carbons (Fsp3) is 0.217. The Morgan fingerprint density at radius 1 is 1.00 bits per heavy atom. The van der Waals surface area contributed by atoms with Crippen molar-refractivity contribution >= 4 is 22.6 Å². The van der Waals surface area contributed by atoms with Gasteiger partial charge in [-0.1, -0.05) is 30.3 Å². The summed E-state index contributed by atoms with van der Waals surface area (Å²) in [7, 11) is 1.51. The third-order valence-electron chi connectivity index (χ3n) is 5.16. The Hall–Kier alpha value is -3.38. The molecule has 0 aliphatic carbocycles. The number of benzene rings is 3. The van der Waals surface area contributed by atoms with Gasteiger partial charge in [-0.15, -0.1) is 0 Å². The van der Waals surface area contributed by atoms with Gasteiger partial charge in [-0.2, -0.15) is 0 Å². The third kappa shape index (κ3) is 3.54. The van der Waals surface area contributed by atoms with Crippen LogP contribution in [-0.4, -0.2) is 42.0 Å². The first kappa shape index (κ1) is 19.0. The summed E-state index contributed by atoms with van der Waals surface area (Å²) >= 11 is 0. The van der Waals surface area contributed by atoms with E-state index in [0.717, 1.165) is 16.3 Å². The topological polar surface area (TPSA) is 78.9 Å². The van der Waals surface area contributed by atoms with Gasteiger partial charge in [0.1, 0.15) is 0 Å². The minimum absolute atomic E-state index is 0.105. The second-order valence-corrected chi connectivity index (χ2v) is 7.01. The van der Waals surface area contributed by atoms with Crippen LogP contribution < -0.4 is 10.1 Å². The molecule has 0 aromatic heterocycles. The van der Waals surface area contributed by atoms with Crippen molar-refractivity contribution in [3.8, 4) is 11.5 Å². The quantitative estimate of drug-likeness (QED) is 0.478. The van der Waals surface area contributed by atoms with Crippen molar-refractivity contribution in [3.63, 3.8) is 0 Å². The van der Waals surface area contributed by atoms with Crippen LogP contribution in [0.3, 0.4) is 0 Å². The number of carbonyl (C=O) groups excluding carboxylic acids is 2. The third-order valence-corrected chi connectivity index (χ3v) is 5.16. The van der Waals surface area contributed by atoms with Crippen molar-refractivity contribution in [1.29, 1.82) is 0 Å². The van der Waals surface area contributed by atoms with Crippen LogP contribution in [0.15, 0.2) is 54.6 Å². The van der Waals surface area contributed by atoms with Crippen LogP contribution in [0.5, 0.6) is 11.5 Å². The highest BCUT2D eigenvalue weighted by molar-refractivity contribution is 6.25. The van der Waals surface area contributed by atoms with Gasteiger partial charge in [0.25, 0.3) is 11.8 Å². The molecule has 3 aromatic rings. The van der Waals surface area contributed by atoms with Crippen LogP contribution in [0, 0.1) is 0 Å². The Morgan fingerprint density at radius 2 is 1.69 bits per heavy atom. The van der Waals surface area contributed by atoms with Crippen molar-refractivity contribution in [3.05, 3.63) is 71.3 Å². The van der Waals surface area contributed by atoms with Crippen LogP contribution in [0.25, 0.3) is 10.8 Å². The van der Waals surface area contributed by atoms with E-state index in [2.05, 4.69) is 5.32 Å². The smallest absolute Gasteiger partial charge is 0.261 e. The summed E-state index contributed by atoms with van der Waals surface area (Å²) in [6.45, 7) is 1.60. The van der Waals surface area contributed by atoms with Crippen molar-refractivity contribution < 1.29 is 19.4 Å². The van der Waals surface area contributed by atoms with Gasteiger partial charge in [0, 0.05) is 29.6 Å².